The number of aliphatic carboxylic acids is 3. The molecule has 0 spiro atoms. The van der Waals surface area contributed by atoms with Crippen LogP contribution in [0.15, 0.2) is 35.3 Å². The second-order valence-corrected chi connectivity index (χ2v) is 9.21. The molecule has 43 heavy (non-hydrogen) atoms. The predicted octanol–water partition coefficient (Wildman–Crippen LogP) is -1.10. The van der Waals surface area contributed by atoms with Crippen LogP contribution in [0, 0.1) is 0 Å². The zero-order chi connectivity index (χ0) is 30.5. The van der Waals surface area contributed by atoms with Crippen LogP contribution in [-0.2, 0) is 27.2 Å². The molecule has 0 saturated carbocycles. The Morgan fingerprint density at radius 3 is 2.16 bits per heavy atom. The number of nitrogens with zero attached hydrogens (tertiary/aromatic N) is 1. The van der Waals surface area contributed by atoms with E-state index in [0.29, 0.717) is 36.8 Å². The van der Waals surface area contributed by atoms with Gasteiger partial charge < -0.3 is 47.8 Å². The van der Waals surface area contributed by atoms with Crippen molar-refractivity contribution in [3.05, 3.63) is 57.5 Å². The predicted molar refractivity (Wildman–Crippen MR) is 164 cm³/mol. The number of carboxylic acid groups (broad SMARTS) is 3. The first-order chi connectivity index (χ1) is 19.4. The van der Waals surface area contributed by atoms with E-state index >= 15 is 0 Å². The number of nitrogen functional groups attached to an aromatic ring is 1. The van der Waals surface area contributed by atoms with E-state index in [9.17, 15) is 24.0 Å². The molecule has 0 bridgehead atoms. The monoisotopic (exact) mass is 621 g/mol. The van der Waals surface area contributed by atoms with Gasteiger partial charge in [-0.1, -0.05) is 18.6 Å². The Bertz CT molecular complexity index is 1410. The summed E-state index contributed by atoms with van der Waals surface area (Å²) in [5.41, 5.74) is 18.0. The SMILES string of the molecule is NCCCCC(N)C(=O)O.Nc1nc(=O)c2c(CCc3ccc(C(=O)N[C@@H](CCC(=O)O)C(=O)O)cc3)c[nH]c2[nH]1.[NaH].[NaH]. The molecule has 0 radical (unpaired) electrons. The molecule has 3 rings (SSSR count). The summed E-state index contributed by atoms with van der Waals surface area (Å²) >= 11 is 0. The summed E-state index contributed by atoms with van der Waals surface area (Å²) in [5.74, 6) is -3.93. The van der Waals surface area contributed by atoms with Crippen LogP contribution in [0.4, 0.5) is 5.95 Å². The fraction of sp³-hybridized carbons (Fsp3) is 0.385. The van der Waals surface area contributed by atoms with Crippen LogP contribution in [0.3, 0.4) is 0 Å². The Morgan fingerprint density at radius 1 is 0.953 bits per heavy atom. The number of rotatable bonds is 14. The summed E-state index contributed by atoms with van der Waals surface area (Å²) in [7, 11) is 0. The van der Waals surface area contributed by atoms with Gasteiger partial charge >= 0.3 is 77.0 Å². The third-order valence-corrected chi connectivity index (χ3v) is 6.09. The van der Waals surface area contributed by atoms with Crippen LogP contribution in [-0.4, -0.2) is 132 Å². The number of unbranched alkanes of at least 4 members (excludes halogenated alkanes) is 1. The summed E-state index contributed by atoms with van der Waals surface area (Å²) in [6.45, 7) is 0.604. The molecule has 0 saturated heterocycles. The molecule has 1 unspecified atom stereocenters. The van der Waals surface area contributed by atoms with Crippen molar-refractivity contribution in [2.75, 3.05) is 12.3 Å². The van der Waals surface area contributed by atoms with E-state index in [4.69, 9.17) is 32.5 Å². The van der Waals surface area contributed by atoms with Crippen molar-refractivity contribution in [3.8, 4) is 0 Å². The number of nitrogens with two attached hydrogens (primary N) is 3. The number of aryl methyl sites for hydroxylation is 2. The molecule has 0 aliphatic rings. The Hall–Kier alpha value is -2.76. The molecular weight excluding hydrogens is 584 g/mol. The van der Waals surface area contributed by atoms with Crippen molar-refractivity contribution in [3.63, 3.8) is 0 Å². The van der Waals surface area contributed by atoms with Crippen molar-refractivity contribution in [2.24, 2.45) is 11.5 Å². The van der Waals surface area contributed by atoms with Crippen LogP contribution >= 0.6 is 0 Å². The molecule has 12 N–H and O–H groups in total. The first kappa shape index (κ1) is 40.2. The van der Waals surface area contributed by atoms with Gasteiger partial charge in [0.2, 0.25) is 5.95 Å². The molecule has 3 aromatic rings. The maximum atomic E-state index is 12.3. The molecule has 0 aliphatic heterocycles. The average Bonchev–Trinajstić information content (AvgIpc) is 3.33. The van der Waals surface area contributed by atoms with Crippen molar-refractivity contribution < 1.29 is 34.5 Å². The molecule has 2 atom stereocenters. The van der Waals surface area contributed by atoms with Gasteiger partial charge in [-0.25, -0.2) is 4.79 Å². The summed E-state index contributed by atoms with van der Waals surface area (Å²) in [6, 6.07) is 4.59. The molecule has 1 amide bonds. The molecule has 17 heteroatoms. The van der Waals surface area contributed by atoms with Crippen molar-refractivity contribution >= 4 is 99.9 Å². The van der Waals surface area contributed by atoms with E-state index in [1.807, 2.05) is 0 Å². The Balaban J connectivity index is 0.00000127. The molecular formula is C26H37N7Na2O8. The van der Waals surface area contributed by atoms with Gasteiger partial charge in [-0.2, -0.15) is 4.98 Å². The molecule has 0 aliphatic carbocycles. The summed E-state index contributed by atoms with van der Waals surface area (Å²) in [5, 5.41) is 29.0. The first-order valence-electron chi connectivity index (χ1n) is 12.8. The quantitative estimate of drug-likeness (QED) is 0.0766. The number of amides is 1. The second kappa shape index (κ2) is 20.2. The van der Waals surface area contributed by atoms with Crippen LogP contribution < -0.4 is 28.1 Å². The number of aromatic nitrogens is 3. The van der Waals surface area contributed by atoms with Gasteiger partial charge in [0.25, 0.3) is 11.5 Å². The normalized spacial score (nSPS) is 11.6. The molecule has 0 fully saturated rings. The number of hydrogen-bond acceptors (Lipinski definition) is 9. The van der Waals surface area contributed by atoms with E-state index in [-0.39, 0.29) is 83.5 Å². The molecule has 2 aromatic heterocycles. The van der Waals surface area contributed by atoms with E-state index in [1.54, 1.807) is 30.5 Å². The summed E-state index contributed by atoms with van der Waals surface area (Å²) in [6.07, 6.45) is 4.45. The van der Waals surface area contributed by atoms with E-state index < -0.39 is 41.5 Å². The number of fused-ring (bicyclic) bond motifs is 1. The standard InChI is InChI=1S/C20H21N5O6.C6H14N2O2.2Na.2H/c21-20-24-16-15(18(29)25-20)12(9-22-16)6-3-10-1-4-11(5-2-10)17(28)23-13(19(30)31)7-8-14(26)27;7-4-2-1-3-5(8)6(9)10;;;;/h1-2,4-5,9,13H,3,6-8H2,(H,23,28)(H,26,27)(H,30,31)(H4,21,22,24,25,29);5H,1-4,7-8H2,(H,9,10);;;;/t13-;;;;;/m0...../s1. The fourth-order valence-corrected chi connectivity index (χ4v) is 3.83. The van der Waals surface area contributed by atoms with Gasteiger partial charge in [0.1, 0.15) is 17.7 Å². The summed E-state index contributed by atoms with van der Waals surface area (Å²) < 4.78 is 0. The third kappa shape index (κ3) is 13.6. The minimum absolute atomic E-state index is 0. The van der Waals surface area contributed by atoms with Crippen molar-refractivity contribution in [2.45, 2.75) is 57.0 Å². The van der Waals surface area contributed by atoms with Crippen LogP contribution in [0.5, 0.6) is 0 Å². The Kier molecular flexibility index (Phi) is 18.9. The zero-order valence-electron chi connectivity index (χ0n) is 22.3. The number of aromatic amines is 2. The average molecular weight is 622 g/mol. The molecule has 2 heterocycles. The van der Waals surface area contributed by atoms with Gasteiger partial charge in [0.15, 0.2) is 0 Å². The number of benzene rings is 1. The maximum absolute atomic E-state index is 12.3. The van der Waals surface area contributed by atoms with Crippen molar-refractivity contribution in [1.82, 2.24) is 20.3 Å². The molecule has 1 aromatic carbocycles. The number of carboxylic acids is 3. The van der Waals surface area contributed by atoms with Crippen LogP contribution in [0.1, 0.15) is 53.6 Å². The molecule has 15 nitrogen and oxygen atoms in total. The van der Waals surface area contributed by atoms with Crippen LogP contribution in [0.2, 0.25) is 0 Å². The number of carbonyl (C=O) groups excluding carboxylic acids is 1. The minimum atomic E-state index is -1.30. The first-order valence-corrected chi connectivity index (χ1v) is 12.8. The van der Waals surface area contributed by atoms with E-state index in [0.717, 1.165) is 24.0 Å². The number of H-pyrrole nitrogens is 2. The van der Waals surface area contributed by atoms with Crippen LogP contribution in [0.25, 0.3) is 11.0 Å². The number of hydrogen-bond donors (Lipinski definition) is 9. The van der Waals surface area contributed by atoms with Gasteiger partial charge in [0.05, 0.1) is 5.39 Å². The Morgan fingerprint density at radius 2 is 1.60 bits per heavy atom. The topological polar surface area (TPSA) is 281 Å². The van der Waals surface area contributed by atoms with E-state index in [1.165, 1.54) is 0 Å². The molecule has 226 valence electrons. The van der Waals surface area contributed by atoms with Gasteiger partial charge in [-0.15, -0.1) is 0 Å². The second-order valence-electron chi connectivity index (χ2n) is 9.21. The van der Waals surface area contributed by atoms with Crippen molar-refractivity contribution in [1.29, 1.82) is 0 Å². The fourth-order valence-electron chi connectivity index (χ4n) is 3.83. The zero-order valence-corrected chi connectivity index (χ0v) is 22.3. The number of anilines is 1. The van der Waals surface area contributed by atoms with Gasteiger partial charge in [0, 0.05) is 18.2 Å². The van der Waals surface area contributed by atoms with Gasteiger partial charge in [-0.3, -0.25) is 19.2 Å². The third-order valence-electron chi connectivity index (χ3n) is 6.09. The van der Waals surface area contributed by atoms with Gasteiger partial charge in [-0.05, 0) is 61.9 Å². The summed E-state index contributed by atoms with van der Waals surface area (Å²) in [4.78, 5) is 65.8. The van der Waals surface area contributed by atoms with E-state index in [2.05, 4.69) is 20.3 Å². The Labute approximate surface area is 291 Å². The number of carbonyl (C=O) groups is 4. The number of nitrogens with one attached hydrogen (secondary N) is 3.